The molecule has 1 aliphatic carbocycles. The summed E-state index contributed by atoms with van der Waals surface area (Å²) < 4.78 is 0. The summed E-state index contributed by atoms with van der Waals surface area (Å²) in [6.45, 7) is 4.57. The summed E-state index contributed by atoms with van der Waals surface area (Å²) in [7, 11) is 0. The number of carboxylic acids is 1. The fourth-order valence-electron chi connectivity index (χ4n) is 3.30. The second-order valence-electron chi connectivity index (χ2n) is 6.32. The van der Waals surface area contributed by atoms with Crippen molar-refractivity contribution >= 4 is 23.3 Å². The SMILES string of the molecule is CC(C)C1CCCC(N(CC(=O)O)c2ccc(Cl)cc2)C1. The van der Waals surface area contributed by atoms with Gasteiger partial charge in [-0.3, -0.25) is 4.79 Å². The topological polar surface area (TPSA) is 40.5 Å². The van der Waals surface area contributed by atoms with E-state index in [1.807, 2.05) is 29.2 Å². The quantitative estimate of drug-likeness (QED) is 0.873. The Balaban J connectivity index is 2.19. The summed E-state index contributed by atoms with van der Waals surface area (Å²) in [4.78, 5) is 13.3. The molecule has 3 nitrogen and oxygen atoms in total. The van der Waals surface area contributed by atoms with Gasteiger partial charge in [0.2, 0.25) is 0 Å². The molecule has 2 unspecified atom stereocenters. The summed E-state index contributed by atoms with van der Waals surface area (Å²) >= 11 is 5.94. The minimum Gasteiger partial charge on any atom is -0.480 e. The van der Waals surface area contributed by atoms with Crippen LogP contribution < -0.4 is 4.90 Å². The van der Waals surface area contributed by atoms with E-state index >= 15 is 0 Å². The Morgan fingerprint density at radius 3 is 2.57 bits per heavy atom. The Bertz CT molecular complexity index is 472. The number of halogens is 1. The predicted molar refractivity (Wildman–Crippen MR) is 87.0 cm³/mol. The molecule has 0 saturated heterocycles. The van der Waals surface area contributed by atoms with Gasteiger partial charge in [0.15, 0.2) is 0 Å². The molecule has 0 aromatic heterocycles. The summed E-state index contributed by atoms with van der Waals surface area (Å²) in [5.41, 5.74) is 0.955. The number of hydrogen-bond donors (Lipinski definition) is 1. The molecule has 0 amide bonds. The van der Waals surface area contributed by atoms with Crippen molar-refractivity contribution in [1.29, 1.82) is 0 Å². The van der Waals surface area contributed by atoms with E-state index in [2.05, 4.69) is 13.8 Å². The van der Waals surface area contributed by atoms with Crippen molar-refractivity contribution in [3.8, 4) is 0 Å². The first kappa shape index (κ1) is 16.2. The largest absolute Gasteiger partial charge is 0.480 e. The molecule has 0 bridgehead atoms. The van der Waals surface area contributed by atoms with Crippen molar-refractivity contribution in [3.05, 3.63) is 29.3 Å². The molecular formula is C17H24ClNO2. The van der Waals surface area contributed by atoms with Gasteiger partial charge in [-0.05, 0) is 48.9 Å². The van der Waals surface area contributed by atoms with Crippen LogP contribution in [0.2, 0.25) is 5.02 Å². The Morgan fingerprint density at radius 2 is 2.00 bits per heavy atom. The Kier molecular flexibility index (Phi) is 5.51. The zero-order valence-electron chi connectivity index (χ0n) is 12.8. The van der Waals surface area contributed by atoms with Gasteiger partial charge in [-0.25, -0.2) is 0 Å². The van der Waals surface area contributed by atoms with Gasteiger partial charge in [-0.2, -0.15) is 0 Å². The van der Waals surface area contributed by atoms with E-state index in [0.717, 1.165) is 18.5 Å². The molecule has 0 spiro atoms. The molecule has 0 heterocycles. The van der Waals surface area contributed by atoms with Gasteiger partial charge >= 0.3 is 5.97 Å². The maximum atomic E-state index is 11.2. The smallest absolute Gasteiger partial charge is 0.323 e. The van der Waals surface area contributed by atoms with Crippen LogP contribution in [0, 0.1) is 11.8 Å². The van der Waals surface area contributed by atoms with Crippen molar-refractivity contribution in [2.45, 2.75) is 45.6 Å². The third-order valence-electron chi connectivity index (χ3n) is 4.53. The third kappa shape index (κ3) is 4.37. The molecule has 1 aromatic rings. The number of aliphatic carboxylic acids is 1. The molecule has 0 aliphatic heterocycles. The van der Waals surface area contributed by atoms with Crippen LogP contribution in [0.4, 0.5) is 5.69 Å². The second-order valence-corrected chi connectivity index (χ2v) is 6.76. The van der Waals surface area contributed by atoms with Gasteiger partial charge in [0, 0.05) is 16.8 Å². The fraction of sp³-hybridized carbons (Fsp3) is 0.588. The number of rotatable bonds is 5. The first-order valence-corrected chi connectivity index (χ1v) is 8.09. The van der Waals surface area contributed by atoms with E-state index in [-0.39, 0.29) is 6.54 Å². The standard InChI is InChI=1S/C17H24ClNO2/c1-12(2)13-4-3-5-16(10-13)19(11-17(20)21)15-8-6-14(18)7-9-15/h6-9,12-13,16H,3-5,10-11H2,1-2H3,(H,20,21). The second kappa shape index (κ2) is 7.17. The lowest BCUT2D eigenvalue weighted by atomic mass is 9.78. The van der Waals surface area contributed by atoms with Crippen LogP contribution in [-0.2, 0) is 4.79 Å². The van der Waals surface area contributed by atoms with Crippen LogP contribution in [0.25, 0.3) is 0 Å². The van der Waals surface area contributed by atoms with Crippen LogP contribution in [0.1, 0.15) is 39.5 Å². The molecule has 116 valence electrons. The molecule has 0 radical (unpaired) electrons. The van der Waals surface area contributed by atoms with Crippen molar-refractivity contribution in [3.63, 3.8) is 0 Å². The molecule has 1 saturated carbocycles. The van der Waals surface area contributed by atoms with Gasteiger partial charge in [0.1, 0.15) is 6.54 Å². The first-order valence-electron chi connectivity index (χ1n) is 7.71. The zero-order valence-corrected chi connectivity index (χ0v) is 13.5. The average molecular weight is 310 g/mol. The highest BCUT2D eigenvalue weighted by molar-refractivity contribution is 6.30. The van der Waals surface area contributed by atoms with Crippen LogP contribution in [0.3, 0.4) is 0 Å². The molecule has 4 heteroatoms. The summed E-state index contributed by atoms with van der Waals surface area (Å²) in [5.74, 6) is 0.564. The maximum Gasteiger partial charge on any atom is 0.323 e. The molecule has 1 aliphatic rings. The Labute approximate surface area is 131 Å². The lowest BCUT2D eigenvalue weighted by molar-refractivity contribution is -0.135. The lowest BCUT2D eigenvalue weighted by Gasteiger charge is -2.39. The average Bonchev–Trinajstić information content (AvgIpc) is 2.46. The molecule has 21 heavy (non-hydrogen) atoms. The van der Waals surface area contributed by atoms with Crippen molar-refractivity contribution < 1.29 is 9.90 Å². The summed E-state index contributed by atoms with van der Waals surface area (Å²) in [6.07, 6.45) is 4.58. The van der Waals surface area contributed by atoms with Crippen molar-refractivity contribution in [1.82, 2.24) is 0 Å². The van der Waals surface area contributed by atoms with E-state index in [0.29, 0.717) is 22.9 Å². The van der Waals surface area contributed by atoms with Gasteiger partial charge in [-0.15, -0.1) is 0 Å². The molecule has 2 atom stereocenters. The van der Waals surface area contributed by atoms with E-state index < -0.39 is 5.97 Å². The summed E-state index contributed by atoms with van der Waals surface area (Å²) in [6, 6.07) is 7.81. The Hall–Kier alpha value is -1.22. The first-order chi connectivity index (χ1) is 9.97. The van der Waals surface area contributed by atoms with Crippen LogP contribution in [-0.4, -0.2) is 23.7 Å². The molecule has 1 fully saturated rings. The van der Waals surface area contributed by atoms with Crippen molar-refractivity contribution in [2.24, 2.45) is 11.8 Å². The Morgan fingerprint density at radius 1 is 1.33 bits per heavy atom. The van der Waals surface area contributed by atoms with E-state index in [1.54, 1.807) is 0 Å². The van der Waals surface area contributed by atoms with Gasteiger partial charge in [0.05, 0.1) is 0 Å². The molecule has 2 rings (SSSR count). The highest BCUT2D eigenvalue weighted by Gasteiger charge is 2.29. The zero-order chi connectivity index (χ0) is 15.4. The van der Waals surface area contributed by atoms with Crippen LogP contribution >= 0.6 is 11.6 Å². The van der Waals surface area contributed by atoms with Crippen molar-refractivity contribution in [2.75, 3.05) is 11.4 Å². The summed E-state index contributed by atoms with van der Waals surface area (Å²) in [5, 5.41) is 9.92. The molecule has 1 aromatic carbocycles. The monoisotopic (exact) mass is 309 g/mol. The van der Waals surface area contributed by atoms with Gasteiger partial charge < -0.3 is 10.0 Å². The molecular weight excluding hydrogens is 286 g/mol. The number of anilines is 1. The number of hydrogen-bond acceptors (Lipinski definition) is 2. The third-order valence-corrected chi connectivity index (χ3v) is 4.79. The van der Waals surface area contributed by atoms with Gasteiger partial charge in [-0.1, -0.05) is 38.3 Å². The highest BCUT2D eigenvalue weighted by atomic mass is 35.5. The van der Waals surface area contributed by atoms with Crippen LogP contribution in [0.5, 0.6) is 0 Å². The number of benzene rings is 1. The number of carbonyl (C=O) groups is 1. The number of carboxylic acid groups (broad SMARTS) is 1. The minimum atomic E-state index is -0.781. The van der Waals surface area contributed by atoms with Gasteiger partial charge in [0.25, 0.3) is 0 Å². The normalized spacial score (nSPS) is 22.3. The maximum absolute atomic E-state index is 11.2. The van der Waals surface area contributed by atoms with E-state index in [4.69, 9.17) is 11.6 Å². The minimum absolute atomic E-state index is 0.0527. The lowest BCUT2D eigenvalue weighted by Crippen LogP contribution is -2.42. The predicted octanol–water partition coefficient (Wildman–Crippen LogP) is 4.45. The highest BCUT2D eigenvalue weighted by Crippen LogP contribution is 2.34. The van der Waals surface area contributed by atoms with E-state index in [1.165, 1.54) is 12.8 Å². The van der Waals surface area contributed by atoms with Crippen LogP contribution in [0.15, 0.2) is 24.3 Å². The van der Waals surface area contributed by atoms with E-state index in [9.17, 15) is 9.90 Å². The fourth-order valence-corrected chi connectivity index (χ4v) is 3.42. The number of nitrogens with zero attached hydrogens (tertiary/aromatic N) is 1. The molecule has 1 N–H and O–H groups in total.